The molecule has 7 nitrogen and oxygen atoms in total. The fraction of sp³-hybridized carbons (Fsp3) is 0.240. The van der Waals surface area contributed by atoms with Gasteiger partial charge in [0.05, 0.1) is 16.8 Å². The lowest BCUT2D eigenvalue weighted by molar-refractivity contribution is -0.124. The number of benzene rings is 2. The highest BCUT2D eigenvalue weighted by Crippen LogP contribution is 2.44. The number of ketones is 2. The maximum absolute atomic E-state index is 13.2. The summed E-state index contributed by atoms with van der Waals surface area (Å²) < 4.78 is 2.60. The van der Waals surface area contributed by atoms with Gasteiger partial charge in [-0.3, -0.25) is 19.5 Å². The van der Waals surface area contributed by atoms with Gasteiger partial charge in [-0.15, -0.1) is 16.9 Å². The zero-order chi connectivity index (χ0) is 26.3. The zero-order valence-corrected chi connectivity index (χ0v) is 25.6. The Bertz CT molecular complexity index is 1440. The molecule has 1 saturated heterocycles. The van der Waals surface area contributed by atoms with Gasteiger partial charge < -0.3 is 5.32 Å². The van der Waals surface area contributed by atoms with Gasteiger partial charge >= 0.3 is 0 Å². The van der Waals surface area contributed by atoms with Crippen LogP contribution in [0.4, 0.5) is 0 Å². The van der Waals surface area contributed by atoms with Crippen LogP contribution in [-0.2, 0) is 9.59 Å². The number of hydrogen-bond acceptors (Lipinski definition) is 7. The SMILES string of the molecule is CC1=Cc2ccc(Br)cc2C(=O)C1c1nc(SCC(=O)NC2C(=O)CSC2c2c(Br)cccc2Br)n[nH]1. The molecule has 190 valence electrons. The number of aromatic amines is 1. The largest absolute Gasteiger partial charge is 0.344 e. The van der Waals surface area contributed by atoms with Crippen molar-refractivity contribution in [2.45, 2.75) is 29.3 Å². The van der Waals surface area contributed by atoms with Crippen molar-refractivity contribution in [2.75, 3.05) is 11.5 Å². The van der Waals surface area contributed by atoms with E-state index in [2.05, 4.69) is 68.3 Å². The van der Waals surface area contributed by atoms with Gasteiger partial charge in [0.2, 0.25) is 11.1 Å². The molecular weight excluding hydrogens is 708 g/mol. The van der Waals surface area contributed by atoms with Crippen LogP contribution in [-0.4, -0.2) is 50.2 Å². The van der Waals surface area contributed by atoms with Crippen molar-refractivity contribution >= 4 is 94.9 Å². The first-order chi connectivity index (χ1) is 17.7. The molecule has 3 atom stereocenters. The topological polar surface area (TPSA) is 105 Å². The van der Waals surface area contributed by atoms with Gasteiger partial charge in [0.25, 0.3) is 0 Å². The van der Waals surface area contributed by atoms with Crippen LogP contribution in [0, 0.1) is 0 Å². The van der Waals surface area contributed by atoms with Gasteiger partial charge in [0, 0.05) is 19.0 Å². The molecule has 2 aromatic carbocycles. The third kappa shape index (κ3) is 5.54. The molecule has 3 unspecified atom stereocenters. The summed E-state index contributed by atoms with van der Waals surface area (Å²) in [5, 5.41) is 10.1. The first-order valence-corrected chi connectivity index (χ1v) is 15.6. The average Bonchev–Trinajstić information content (AvgIpc) is 3.46. The fourth-order valence-corrected chi connectivity index (χ4v) is 8.54. The number of nitrogens with zero attached hydrogens (tertiary/aromatic N) is 2. The standard InChI is InChI=1S/C25H19Br3N4O3S2/c1-11-7-12-5-6-13(26)8-14(12)22(35)19(11)24-30-25(32-31-24)37-10-18(34)29-21-17(33)9-36-23(21)20-15(27)3-2-4-16(20)28/h2-8,19,21,23H,9-10H2,1H3,(H,29,34)(H,30,31,32). The molecule has 0 bridgehead atoms. The number of carbonyl (C=O) groups is 3. The number of Topliss-reactive ketones (excluding diaryl/α,β-unsaturated/α-hetero) is 2. The Kier molecular flexibility index (Phi) is 8.11. The maximum atomic E-state index is 13.2. The van der Waals surface area contributed by atoms with E-state index in [0.29, 0.717) is 22.3 Å². The van der Waals surface area contributed by atoms with E-state index in [1.54, 1.807) is 0 Å². The number of hydrogen-bond donors (Lipinski definition) is 2. The molecule has 5 rings (SSSR count). The van der Waals surface area contributed by atoms with Gasteiger partial charge in [0.1, 0.15) is 17.8 Å². The van der Waals surface area contributed by atoms with Crippen LogP contribution in [0.15, 0.2) is 60.5 Å². The highest BCUT2D eigenvalue weighted by molar-refractivity contribution is 9.11. The van der Waals surface area contributed by atoms with Gasteiger partial charge in [-0.25, -0.2) is 4.98 Å². The predicted octanol–water partition coefficient (Wildman–Crippen LogP) is 6.11. The molecule has 37 heavy (non-hydrogen) atoms. The lowest BCUT2D eigenvalue weighted by Gasteiger charge is -2.21. The predicted molar refractivity (Wildman–Crippen MR) is 156 cm³/mol. The number of allylic oxidation sites excluding steroid dienone is 1. The van der Waals surface area contributed by atoms with E-state index >= 15 is 0 Å². The Morgan fingerprint density at radius 1 is 1.19 bits per heavy atom. The summed E-state index contributed by atoms with van der Waals surface area (Å²) in [4.78, 5) is 43.1. The maximum Gasteiger partial charge on any atom is 0.231 e. The van der Waals surface area contributed by atoms with E-state index in [-0.39, 0.29) is 28.5 Å². The Morgan fingerprint density at radius 2 is 1.95 bits per heavy atom. The molecule has 1 aliphatic carbocycles. The summed E-state index contributed by atoms with van der Waals surface area (Å²) in [6.45, 7) is 1.90. The summed E-state index contributed by atoms with van der Waals surface area (Å²) in [6.07, 6.45) is 1.98. The van der Waals surface area contributed by atoms with Crippen molar-refractivity contribution in [1.82, 2.24) is 20.5 Å². The van der Waals surface area contributed by atoms with Crippen molar-refractivity contribution in [2.24, 2.45) is 0 Å². The van der Waals surface area contributed by atoms with Crippen LogP contribution in [0.3, 0.4) is 0 Å². The third-order valence-corrected chi connectivity index (χ3v) is 10.2. The molecule has 0 radical (unpaired) electrons. The van der Waals surface area contributed by atoms with Crippen molar-refractivity contribution in [1.29, 1.82) is 0 Å². The molecule has 2 heterocycles. The van der Waals surface area contributed by atoms with Crippen molar-refractivity contribution in [3.63, 3.8) is 0 Å². The summed E-state index contributed by atoms with van der Waals surface area (Å²) in [7, 11) is 0. The van der Waals surface area contributed by atoms with Crippen LogP contribution in [0.1, 0.15) is 45.4 Å². The van der Waals surface area contributed by atoms with Crippen LogP contribution in [0.25, 0.3) is 6.08 Å². The van der Waals surface area contributed by atoms with E-state index in [1.807, 2.05) is 49.4 Å². The minimum atomic E-state index is -0.622. The molecule has 3 aromatic rings. The van der Waals surface area contributed by atoms with E-state index in [4.69, 9.17) is 0 Å². The van der Waals surface area contributed by atoms with E-state index in [0.717, 1.165) is 41.9 Å². The van der Waals surface area contributed by atoms with Crippen molar-refractivity contribution in [3.05, 3.63) is 77.9 Å². The second kappa shape index (κ2) is 11.2. The number of fused-ring (bicyclic) bond motifs is 1. The molecule has 1 aliphatic heterocycles. The highest BCUT2D eigenvalue weighted by Gasteiger charge is 2.39. The second-order valence-electron chi connectivity index (χ2n) is 8.59. The third-order valence-electron chi connectivity index (χ3n) is 6.12. The quantitative estimate of drug-likeness (QED) is 0.296. The Labute approximate surface area is 246 Å². The molecule has 1 fully saturated rings. The average molecular weight is 727 g/mol. The number of thioether (sulfide) groups is 2. The highest BCUT2D eigenvalue weighted by atomic mass is 79.9. The van der Waals surface area contributed by atoms with Gasteiger partial charge in [-0.2, -0.15) is 0 Å². The summed E-state index contributed by atoms with van der Waals surface area (Å²) >= 11 is 13.2. The normalized spacial score (nSPS) is 21.1. The lowest BCUT2D eigenvalue weighted by atomic mass is 9.82. The molecule has 0 saturated carbocycles. The monoisotopic (exact) mass is 724 g/mol. The number of rotatable bonds is 6. The number of carbonyl (C=O) groups excluding carboxylic acids is 3. The first kappa shape index (κ1) is 26.9. The molecular formula is C25H19Br3N4O3S2. The van der Waals surface area contributed by atoms with E-state index in [1.165, 1.54) is 11.8 Å². The lowest BCUT2D eigenvalue weighted by Crippen LogP contribution is -2.42. The summed E-state index contributed by atoms with van der Waals surface area (Å²) in [5.41, 5.74) is 3.32. The molecule has 12 heteroatoms. The van der Waals surface area contributed by atoms with E-state index in [9.17, 15) is 14.4 Å². The number of amides is 1. The first-order valence-electron chi connectivity index (χ1n) is 11.2. The van der Waals surface area contributed by atoms with Crippen molar-refractivity contribution in [3.8, 4) is 0 Å². The van der Waals surface area contributed by atoms with Crippen LogP contribution < -0.4 is 5.32 Å². The van der Waals surface area contributed by atoms with Crippen LogP contribution in [0.5, 0.6) is 0 Å². The Hall–Kier alpha value is -1.73. The number of H-pyrrole nitrogens is 1. The minimum Gasteiger partial charge on any atom is -0.344 e. The van der Waals surface area contributed by atoms with Gasteiger partial charge in [-0.1, -0.05) is 83.3 Å². The second-order valence-corrected chi connectivity index (χ2v) is 13.3. The fourth-order valence-electron chi connectivity index (χ4n) is 4.41. The summed E-state index contributed by atoms with van der Waals surface area (Å²) in [5.74, 6) is -0.0947. The number of nitrogens with one attached hydrogen (secondary N) is 2. The van der Waals surface area contributed by atoms with Gasteiger partial charge in [0.15, 0.2) is 11.6 Å². The molecule has 2 aliphatic rings. The number of aromatic nitrogens is 3. The molecule has 1 aromatic heterocycles. The van der Waals surface area contributed by atoms with Crippen LogP contribution in [0.2, 0.25) is 0 Å². The van der Waals surface area contributed by atoms with Crippen LogP contribution >= 0.6 is 71.3 Å². The number of halogens is 3. The Morgan fingerprint density at radius 3 is 2.70 bits per heavy atom. The van der Waals surface area contributed by atoms with Crippen molar-refractivity contribution < 1.29 is 14.4 Å². The molecule has 2 N–H and O–H groups in total. The molecule has 0 spiro atoms. The minimum absolute atomic E-state index is 0.0128. The van der Waals surface area contributed by atoms with Gasteiger partial charge in [-0.05, 0) is 42.3 Å². The summed E-state index contributed by atoms with van der Waals surface area (Å²) in [6, 6.07) is 10.8. The zero-order valence-electron chi connectivity index (χ0n) is 19.3. The molecule has 1 amide bonds. The smallest absolute Gasteiger partial charge is 0.231 e. The Balaban J connectivity index is 1.25. The van der Waals surface area contributed by atoms with E-state index < -0.39 is 12.0 Å².